The summed E-state index contributed by atoms with van der Waals surface area (Å²) in [7, 11) is 0. The molecule has 1 aromatic rings. The number of benzene rings is 1. The molecule has 5 heteroatoms. The van der Waals surface area contributed by atoms with Gasteiger partial charge in [0.05, 0.1) is 18.9 Å². The number of ether oxygens (including phenoxy) is 2. The Morgan fingerprint density at radius 3 is 1.96 bits per heavy atom. The van der Waals surface area contributed by atoms with Crippen LogP contribution in [0.2, 0.25) is 0 Å². The average Bonchev–Trinajstić information content (AvgIpc) is 2.61. The molecule has 1 aliphatic rings. The molecule has 1 fully saturated rings. The van der Waals surface area contributed by atoms with Crippen LogP contribution < -0.4 is 0 Å². The number of carbonyl (C=O) groups is 2. The molecule has 0 radical (unpaired) electrons. The zero-order chi connectivity index (χ0) is 17.4. The molecule has 0 amide bonds. The molecule has 2 rings (SSSR count). The van der Waals surface area contributed by atoms with Crippen LogP contribution in [-0.4, -0.2) is 43.1 Å². The molecular weight excluding hydrogens is 306 g/mol. The van der Waals surface area contributed by atoms with E-state index in [1.165, 1.54) is 0 Å². The molecule has 1 aromatic carbocycles. The fourth-order valence-electron chi connectivity index (χ4n) is 2.88. The monoisotopic (exact) mass is 331 g/mol. The van der Waals surface area contributed by atoms with Gasteiger partial charge in [-0.3, -0.25) is 0 Å². The van der Waals surface area contributed by atoms with Crippen LogP contribution in [0.25, 0.3) is 5.70 Å². The van der Waals surface area contributed by atoms with Crippen molar-refractivity contribution in [3.8, 4) is 0 Å². The van der Waals surface area contributed by atoms with Crippen molar-refractivity contribution in [2.24, 2.45) is 0 Å². The third-order valence-electron chi connectivity index (χ3n) is 3.92. The van der Waals surface area contributed by atoms with Gasteiger partial charge in [0.25, 0.3) is 0 Å². The van der Waals surface area contributed by atoms with Crippen LogP contribution in [0.15, 0.2) is 35.9 Å². The molecule has 0 aromatic heterocycles. The van der Waals surface area contributed by atoms with E-state index in [1.54, 1.807) is 13.8 Å². The summed E-state index contributed by atoms with van der Waals surface area (Å²) < 4.78 is 10.3. The van der Waals surface area contributed by atoms with Crippen molar-refractivity contribution < 1.29 is 19.1 Å². The third kappa shape index (κ3) is 4.37. The topological polar surface area (TPSA) is 55.8 Å². The summed E-state index contributed by atoms with van der Waals surface area (Å²) in [6, 6.07) is 9.51. The number of hydrogen-bond acceptors (Lipinski definition) is 5. The van der Waals surface area contributed by atoms with Crippen LogP contribution in [0.5, 0.6) is 0 Å². The fourth-order valence-corrected chi connectivity index (χ4v) is 2.88. The Bertz CT molecular complexity index is 569. The molecule has 1 saturated heterocycles. The van der Waals surface area contributed by atoms with Gasteiger partial charge in [-0.1, -0.05) is 30.3 Å². The van der Waals surface area contributed by atoms with E-state index in [-0.39, 0.29) is 18.8 Å². The standard InChI is InChI=1S/C19H25NO4/c1-3-23-18(21)16(19(22)24-4-2)17(15-11-7-5-8-12-15)20-13-9-6-10-14-20/h5,7-8,11-12H,3-4,6,9-10,13-14H2,1-2H3. The second-order valence-electron chi connectivity index (χ2n) is 5.58. The Morgan fingerprint density at radius 1 is 0.917 bits per heavy atom. The minimum atomic E-state index is -0.625. The summed E-state index contributed by atoms with van der Waals surface area (Å²) in [5.74, 6) is -1.25. The average molecular weight is 331 g/mol. The molecule has 0 bridgehead atoms. The first-order chi connectivity index (χ1) is 11.7. The van der Waals surface area contributed by atoms with Gasteiger partial charge in [0.2, 0.25) is 0 Å². The predicted octanol–water partition coefficient (Wildman–Crippen LogP) is 3.01. The Balaban J connectivity index is 2.57. The summed E-state index contributed by atoms with van der Waals surface area (Å²) in [5.41, 5.74) is 1.44. The number of likely N-dealkylation sites (tertiary alicyclic amines) is 1. The fraction of sp³-hybridized carbons (Fsp3) is 0.474. The Morgan fingerprint density at radius 2 is 1.46 bits per heavy atom. The molecule has 24 heavy (non-hydrogen) atoms. The first-order valence-electron chi connectivity index (χ1n) is 8.57. The molecule has 0 spiro atoms. The molecule has 0 unspecified atom stereocenters. The van der Waals surface area contributed by atoms with Crippen molar-refractivity contribution in [2.75, 3.05) is 26.3 Å². The number of nitrogens with zero attached hydrogens (tertiary/aromatic N) is 1. The molecule has 0 saturated carbocycles. The summed E-state index contributed by atoms with van der Waals surface area (Å²) in [6.45, 7) is 5.50. The van der Waals surface area contributed by atoms with E-state index in [0.29, 0.717) is 5.70 Å². The lowest BCUT2D eigenvalue weighted by Gasteiger charge is -2.32. The molecule has 0 N–H and O–H groups in total. The summed E-state index contributed by atoms with van der Waals surface area (Å²) in [5, 5.41) is 0. The predicted molar refractivity (Wildman–Crippen MR) is 92.1 cm³/mol. The largest absolute Gasteiger partial charge is 0.462 e. The van der Waals surface area contributed by atoms with E-state index in [1.807, 2.05) is 30.3 Å². The van der Waals surface area contributed by atoms with E-state index in [2.05, 4.69) is 4.90 Å². The highest BCUT2D eigenvalue weighted by molar-refractivity contribution is 6.19. The van der Waals surface area contributed by atoms with Gasteiger partial charge in [-0.15, -0.1) is 0 Å². The first-order valence-corrected chi connectivity index (χ1v) is 8.57. The highest BCUT2D eigenvalue weighted by Crippen LogP contribution is 2.28. The van der Waals surface area contributed by atoms with Crippen LogP contribution in [0.3, 0.4) is 0 Å². The Labute approximate surface area is 143 Å². The third-order valence-corrected chi connectivity index (χ3v) is 3.92. The van der Waals surface area contributed by atoms with Gasteiger partial charge in [0.15, 0.2) is 5.57 Å². The zero-order valence-corrected chi connectivity index (χ0v) is 14.4. The molecule has 130 valence electrons. The van der Waals surface area contributed by atoms with Crippen molar-refractivity contribution >= 4 is 17.6 Å². The second kappa shape index (κ2) is 9.11. The molecule has 0 atom stereocenters. The minimum Gasteiger partial charge on any atom is -0.462 e. The van der Waals surface area contributed by atoms with Crippen molar-refractivity contribution in [2.45, 2.75) is 33.1 Å². The van der Waals surface area contributed by atoms with Crippen molar-refractivity contribution in [3.05, 3.63) is 41.5 Å². The van der Waals surface area contributed by atoms with E-state index in [9.17, 15) is 9.59 Å². The van der Waals surface area contributed by atoms with Crippen molar-refractivity contribution in [1.29, 1.82) is 0 Å². The van der Waals surface area contributed by atoms with Gasteiger partial charge in [0, 0.05) is 13.1 Å². The Hall–Kier alpha value is -2.30. The first kappa shape index (κ1) is 18.0. The van der Waals surface area contributed by atoms with E-state index in [4.69, 9.17) is 9.47 Å². The number of hydrogen-bond donors (Lipinski definition) is 0. The maximum atomic E-state index is 12.5. The lowest BCUT2D eigenvalue weighted by molar-refractivity contribution is -0.146. The quantitative estimate of drug-likeness (QED) is 0.347. The van der Waals surface area contributed by atoms with Gasteiger partial charge >= 0.3 is 11.9 Å². The number of rotatable bonds is 6. The summed E-state index contributed by atoms with van der Waals surface area (Å²) >= 11 is 0. The lowest BCUT2D eigenvalue weighted by Crippen LogP contribution is -2.32. The Kier molecular flexibility index (Phi) is 6.85. The van der Waals surface area contributed by atoms with Crippen LogP contribution in [-0.2, 0) is 19.1 Å². The molecule has 0 aliphatic carbocycles. The number of piperidine rings is 1. The van der Waals surface area contributed by atoms with Crippen molar-refractivity contribution in [1.82, 2.24) is 4.90 Å². The van der Waals surface area contributed by atoms with Gasteiger partial charge < -0.3 is 14.4 Å². The van der Waals surface area contributed by atoms with Gasteiger partial charge in [-0.2, -0.15) is 0 Å². The number of esters is 2. The van der Waals surface area contributed by atoms with Crippen LogP contribution in [0.1, 0.15) is 38.7 Å². The molecule has 1 aliphatic heterocycles. The van der Waals surface area contributed by atoms with Gasteiger partial charge in [-0.05, 0) is 38.7 Å². The highest BCUT2D eigenvalue weighted by atomic mass is 16.6. The molecule has 1 heterocycles. The SMILES string of the molecule is CCOC(=O)C(C(=O)OCC)=C(c1ccccc1)N1CCCCC1. The summed E-state index contributed by atoms with van der Waals surface area (Å²) in [6.07, 6.45) is 3.23. The maximum absolute atomic E-state index is 12.5. The van der Waals surface area contributed by atoms with Crippen molar-refractivity contribution in [3.63, 3.8) is 0 Å². The summed E-state index contributed by atoms with van der Waals surface area (Å²) in [4.78, 5) is 27.1. The normalized spacial score (nSPS) is 14.0. The minimum absolute atomic E-state index is 0.00759. The lowest BCUT2D eigenvalue weighted by atomic mass is 10.0. The highest BCUT2D eigenvalue weighted by Gasteiger charge is 2.30. The maximum Gasteiger partial charge on any atom is 0.347 e. The smallest absolute Gasteiger partial charge is 0.347 e. The number of carbonyl (C=O) groups excluding carboxylic acids is 2. The zero-order valence-electron chi connectivity index (χ0n) is 14.4. The molecular formula is C19H25NO4. The molecule has 5 nitrogen and oxygen atoms in total. The van der Waals surface area contributed by atoms with E-state index in [0.717, 1.165) is 37.9 Å². The van der Waals surface area contributed by atoms with E-state index < -0.39 is 11.9 Å². The van der Waals surface area contributed by atoms with Crippen LogP contribution in [0.4, 0.5) is 0 Å². The van der Waals surface area contributed by atoms with Gasteiger partial charge in [0.1, 0.15) is 0 Å². The van der Waals surface area contributed by atoms with Crippen LogP contribution >= 0.6 is 0 Å². The van der Waals surface area contributed by atoms with E-state index >= 15 is 0 Å². The van der Waals surface area contributed by atoms with Gasteiger partial charge in [-0.25, -0.2) is 9.59 Å². The second-order valence-corrected chi connectivity index (χ2v) is 5.58. The van der Waals surface area contributed by atoms with Crippen LogP contribution in [0, 0.1) is 0 Å².